The van der Waals surface area contributed by atoms with E-state index in [0.717, 1.165) is 15.8 Å². The number of carbonyl (C=O) groups is 1. The minimum absolute atomic E-state index is 0.0305. The molecule has 0 saturated heterocycles. The molecule has 0 radical (unpaired) electrons. The minimum atomic E-state index is -0.506. The lowest BCUT2D eigenvalue weighted by Crippen LogP contribution is -2.24. The van der Waals surface area contributed by atoms with Gasteiger partial charge in [0.25, 0.3) is 11.5 Å². The van der Waals surface area contributed by atoms with E-state index in [9.17, 15) is 14.0 Å². The molecule has 2 N–H and O–H groups in total. The summed E-state index contributed by atoms with van der Waals surface area (Å²) in [5.74, 6) is -0.939. The fourth-order valence-electron chi connectivity index (χ4n) is 2.58. The van der Waals surface area contributed by atoms with E-state index in [1.54, 1.807) is 6.07 Å². The third kappa shape index (κ3) is 3.17. The van der Waals surface area contributed by atoms with Gasteiger partial charge in [0.15, 0.2) is 5.65 Å². The molecular weight excluding hydrogens is 351 g/mol. The third-order valence-corrected chi connectivity index (χ3v) is 3.96. The van der Waals surface area contributed by atoms with Crippen LogP contribution in [0.2, 0.25) is 0 Å². The molecule has 0 atom stereocenters. The summed E-state index contributed by atoms with van der Waals surface area (Å²) in [5.41, 5.74) is 1.80. The average Bonchev–Trinajstić information content (AvgIpc) is 3.03. The van der Waals surface area contributed by atoms with Crippen LogP contribution < -0.4 is 10.9 Å². The second kappa shape index (κ2) is 6.45. The molecule has 1 aromatic carbocycles. The molecule has 0 aliphatic carbocycles. The zero-order valence-corrected chi connectivity index (χ0v) is 14.1. The van der Waals surface area contributed by atoms with Gasteiger partial charge in [0.05, 0.1) is 17.6 Å². The molecule has 0 saturated carbocycles. The molecular formula is C18H13FN6O2. The number of fused-ring (bicyclic) bond motifs is 1. The van der Waals surface area contributed by atoms with Crippen molar-refractivity contribution in [3.8, 4) is 5.69 Å². The molecule has 27 heavy (non-hydrogen) atoms. The number of nitrogens with one attached hydrogen (secondary N) is 2. The topological polar surface area (TPSA) is 106 Å². The Hall–Kier alpha value is -3.88. The second-order valence-corrected chi connectivity index (χ2v) is 5.84. The molecule has 3 aromatic heterocycles. The summed E-state index contributed by atoms with van der Waals surface area (Å²) in [6.07, 6.45) is 1.48. The standard InChI is InChI=1S/C18H13FN6O2/c1-10-14-8-12(9-20-17(14)23-22-10)21-18(27)15-6-7-16(26)25(24-15)13-4-2-11(19)3-5-13/h2-9H,1H3,(H,21,27)(H,20,22,23). The fourth-order valence-corrected chi connectivity index (χ4v) is 2.58. The van der Waals surface area contributed by atoms with Crippen molar-refractivity contribution in [2.24, 2.45) is 0 Å². The Morgan fingerprint density at radius 2 is 1.96 bits per heavy atom. The van der Waals surface area contributed by atoms with Gasteiger partial charge in [-0.15, -0.1) is 0 Å². The van der Waals surface area contributed by atoms with Crippen LogP contribution in [0.4, 0.5) is 10.1 Å². The summed E-state index contributed by atoms with van der Waals surface area (Å²) < 4.78 is 14.1. The predicted molar refractivity (Wildman–Crippen MR) is 96.4 cm³/mol. The number of carbonyl (C=O) groups excluding carboxylic acids is 1. The van der Waals surface area contributed by atoms with Crippen molar-refractivity contribution < 1.29 is 9.18 Å². The van der Waals surface area contributed by atoms with Gasteiger partial charge in [-0.25, -0.2) is 9.37 Å². The van der Waals surface area contributed by atoms with Crippen molar-refractivity contribution in [3.05, 3.63) is 76.2 Å². The lowest BCUT2D eigenvalue weighted by molar-refractivity contribution is 0.102. The number of hydrogen-bond acceptors (Lipinski definition) is 5. The smallest absolute Gasteiger partial charge is 0.276 e. The highest BCUT2D eigenvalue weighted by Crippen LogP contribution is 2.18. The van der Waals surface area contributed by atoms with Gasteiger partial charge < -0.3 is 5.32 Å². The maximum Gasteiger partial charge on any atom is 0.276 e. The van der Waals surface area contributed by atoms with Gasteiger partial charge in [-0.05, 0) is 43.3 Å². The summed E-state index contributed by atoms with van der Waals surface area (Å²) in [6, 6.07) is 9.54. The quantitative estimate of drug-likeness (QED) is 0.580. The molecule has 0 aliphatic heterocycles. The van der Waals surface area contributed by atoms with Crippen LogP contribution in [0, 0.1) is 12.7 Å². The number of pyridine rings is 1. The number of aryl methyl sites for hydroxylation is 1. The summed E-state index contributed by atoms with van der Waals surface area (Å²) in [4.78, 5) is 28.7. The van der Waals surface area contributed by atoms with Crippen molar-refractivity contribution in [1.82, 2.24) is 25.0 Å². The maximum absolute atomic E-state index is 13.1. The van der Waals surface area contributed by atoms with Gasteiger partial charge >= 0.3 is 0 Å². The first-order chi connectivity index (χ1) is 13.0. The average molecular weight is 364 g/mol. The van der Waals surface area contributed by atoms with Gasteiger partial charge in [0.1, 0.15) is 11.5 Å². The molecule has 134 valence electrons. The number of H-pyrrole nitrogens is 1. The number of hydrogen-bond donors (Lipinski definition) is 2. The summed E-state index contributed by atoms with van der Waals surface area (Å²) in [7, 11) is 0. The molecule has 0 spiro atoms. The Labute approximate surface area is 151 Å². The Morgan fingerprint density at radius 1 is 1.19 bits per heavy atom. The molecule has 4 aromatic rings. The van der Waals surface area contributed by atoms with Crippen LogP contribution >= 0.6 is 0 Å². The van der Waals surface area contributed by atoms with E-state index < -0.39 is 17.3 Å². The molecule has 0 bridgehead atoms. The molecule has 9 heteroatoms. The number of aromatic nitrogens is 5. The van der Waals surface area contributed by atoms with E-state index >= 15 is 0 Å². The largest absolute Gasteiger partial charge is 0.319 e. The second-order valence-electron chi connectivity index (χ2n) is 5.84. The van der Waals surface area contributed by atoms with E-state index in [1.165, 1.54) is 42.6 Å². The monoisotopic (exact) mass is 364 g/mol. The molecule has 1 amide bonds. The SMILES string of the molecule is Cc1[nH]nc2ncc(NC(=O)c3ccc(=O)n(-c4ccc(F)cc4)n3)cc12. The first-order valence-corrected chi connectivity index (χ1v) is 8.00. The van der Waals surface area contributed by atoms with Crippen LogP contribution in [0.5, 0.6) is 0 Å². The Bertz CT molecular complexity index is 1210. The van der Waals surface area contributed by atoms with E-state index in [2.05, 4.69) is 25.6 Å². The van der Waals surface area contributed by atoms with Crippen molar-refractivity contribution in [2.45, 2.75) is 6.92 Å². The zero-order valence-electron chi connectivity index (χ0n) is 14.1. The normalized spacial score (nSPS) is 10.9. The molecule has 8 nitrogen and oxygen atoms in total. The highest BCUT2D eigenvalue weighted by atomic mass is 19.1. The lowest BCUT2D eigenvalue weighted by Gasteiger charge is -2.08. The van der Waals surface area contributed by atoms with Crippen LogP contribution in [-0.2, 0) is 0 Å². The number of aromatic amines is 1. The van der Waals surface area contributed by atoms with E-state index in [4.69, 9.17) is 0 Å². The molecule has 0 fully saturated rings. The summed E-state index contributed by atoms with van der Waals surface area (Å²) in [6.45, 7) is 1.85. The van der Waals surface area contributed by atoms with E-state index in [1.807, 2.05) is 6.92 Å². The van der Waals surface area contributed by atoms with Crippen LogP contribution in [0.1, 0.15) is 16.2 Å². The van der Waals surface area contributed by atoms with Gasteiger partial charge in [0.2, 0.25) is 0 Å². The van der Waals surface area contributed by atoms with Crippen LogP contribution in [-0.4, -0.2) is 30.9 Å². The van der Waals surface area contributed by atoms with E-state index in [-0.39, 0.29) is 5.69 Å². The van der Waals surface area contributed by atoms with Crippen molar-refractivity contribution >= 4 is 22.6 Å². The maximum atomic E-state index is 13.1. The highest BCUT2D eigenvalue weighted by molar-refractivity contribution is 6.03. The number of rotatable bonds is 3. The zero-order chi connectivity index (χ0) is 19.0. The van der Waals surface area contributed by atoms with Crippen LogP contribution in [0.25, 0.3) is 16.7 Å². The van der Waals surface area contributed by atoms with Gasteiger partial charge in [-0.2, -0.15) is 14.9 Å². The van der Waals surface area contributed by atoms with Gasteiger partial charge in [0, 0.05) is 17.1 Å². The first kappa shape index (κ1) is 16.6. The Balaban J connectivity index is 1.65. The van der Waals surface area contributed by atoms with Crippen LogP contribution in [0.15, 0.2) is 53.5 Å². The number of nitrogens with zero attached hydrogens (tertiary/aromatic N) is 4. The highest BCUT2D eigenvalue weighted by Gasteiger charge is 2.12. The molecule has 3 heterocycles. The Morgan fingerprint density at radius 3 is 2.74 bits per heavy atom. The third-order valence-electron chi connectivity index (χ3n) is 3.96. The molecule has 0 unspecified atom stereocenters. The fraction of sp³-hybridized carbons (Fsp3) is 0.0556. The first-order valence-electron chi connectivity index (χ1n) is 8.00. The van der Waals surface area contributed by atoms with Gasteiger partial charge in [-0.1, -0.05) is 0 Å². The van der Waals surface area contributed by atoms with Gasteiger partial charge in [-0.3, -0.25) is 14.7 Å². The number of anilines is 1. The summed E-state index contributed by atoms with van der Waals surface area (Å²) in [5, 5.41) is 14.4. The van der Waals surface area contributed by atoms with E-state index in [0.29, 0.717) is 17.0 Å². The Kier molecular flexibility index (Phi) is 3.96. The number of benzene rings is 1. The summed E-state index contributed by atoms with van der Waals surface area (Å²) >= 11 is 0. The van der Waals surface area contributed by atoms with Crippen LogP contribution in [0.3, 0.4) is 0 Å². The minimum Gasteiger partial charge on any atom is -0.319 e. The van der Waals surface area contributed by atoms with Crippen molar-refractivity contribution in [2.75, 3.05) is 5.32 Å². The van der Waals surface area contributed by atoms with Crippen molar-refractivity contribution in [1.29, 1.82) is 0 Å². The molecule has 0 aliphatic rings. The predicted octanol–water partition coefficient (Wildman–Crippen LogP) is 2.20. The van der Waals surface area contributed by atoms with Crippen molar-refractivity contribution in [3.63, 3.8) is 0 Å². The number of amides is 1. The lowest BCUT2D eigenvalue weighted by atomic mass is 10.2. The molecule has 4 rings (SSSR count). The number of halogens is 1.